The van der Waals surface area contributed by atoms with Crippen LogP contribution < -0.4 is 10.2 Å². The van der Waals surface area contributed by atoms with E-state index >= 15 is 0 Å². The van der Waals surface area contributed by atoms with Crippen molar-refractivity contribution in [2.75, 3.05) is 31.6 Å². The number of hydrogen-bond acceptors (Lipinski definition) is 5. The van der Waals surface area contributed by atoms with E-state index in [4.69, 9.17) is 0 Å². The number of anilines is 1. The average molecular weight is 267 g/mol. The lowest BCUT2D eigenvalue weighted by Crippen LogP contribution is -2.40. The summed E-state index contributed by atoms with van der Waals surface area (Å²) in [4.78, 5) is 16.9. The summed E-state index contributed by atoms with van der Waals surface area (Å²) < 4.78 is 1.82. The topological polar surface area (TPSA) is 76.2 Å². The maximum atomic E-state index is 11.1. The van der Waals surface area contributed by atoms with Gasteiger partial charge in [-0.25, -0.2) is 0 Å². The first-order valence-electron chi connectivity index (χ1n) is 6.61. The van der Waals surface area contributed by atoms with Crippen LogP contribution in [0.25, 0.3) is 0 Å². The summed E-state index contributed by atoms with van der Waals surface area (Å²) in [5, 5.41) is 14.3. The predicted octanol–water partition coefficient (Wildman–Crippen LogP) is 1.07. The van der Waals surface area contributed by atoms with Crippen molar-refractivity contribution in [1.29, 1.82) is 0 Å². The van der Waals surface area contributed by atoms with Crippen molar-refractivity contribution in [3.63, 3.8) is 0 Å². The number of imidazole rings is 1. The molecule has 19 heavy (non-hydrogen) atoms. The molecule has 0 spiro atoms. The standard InChI is InChI=1S/C12H21N5O2/c1-9-14-11(17(18)19)12(15(9)3)16-6-4-5-10(8-16)7-13-2/h10,13H,4-8H2,1-3H3. The van der Waals surface area contributed by atoms with E-state index in [-0.39, 0.29) is 10.7 Å². The fourth-order valence-corrected chi connectivity index (χ4v) is 2.77. The van der Waals surface area contributed by atoms with Gasteiger partial charge >= 0.3 is 5.82 Å². The minimum atomic E-state index is -0.385. The van der Waals surface area contributed by atoms with Gasteiger partial charge in [0, 0.05) is 27.1 Å². The molecule has 7 nitrogen and oxygen atoms in total. The Kier molecular flexibility index (Phi) is 4.04. The third-order valence-electron chi connectivity index (χ3n) is 3.76. The summed E-state index contributed by atoms with van der Waals surface area (Å²) in [5.74, 6) is 1.83. The Morgan fingerprint density at radius 2 is 2.32 bits per heavy atom. The van der Waals surface area contributed by atoms with Gasteiger partial charge in [-0.1, -0.05) is 0 Å². The number of aromatic nitrogens is 2. The van der Waals surface area contributed by atoms with E-state index in [2.05, 4.69) is 15.2 Å². The Labute approximate surface area is 112 Å². The molecule has 0 saturated carbocycles. The molecule has 0 bridgehead atoms. The van der Waals surface area contributed by atoms with Crippen LogP contribution in [0.3, 0.4) is 0 Å². The van der Waals surface area contributed by atoms with Gasteiger partial charge in [0.05, 0.1) is 0 Å². The molecule has 7 heteroatoms. The molecule has 1 aromatic rings. The summed E-state index contributed by atoms with van der Waals surface area (Å²) >= 11 is 0. The minimum absolute atomic E-state index is 0.0230. The van der Waals surface area contributed by atoms with Crippen molar-refractivity contribution in [3.8, 4) is 0 Å². The number of nitrogens with zero attached hydrogens (tertiary/aromatic N) is 4. The van der Waals surface area contributed by atoms with E-state index in [0.29, 0.717) is 17.6 Å². The van der Waals surface area contributed by atoms with Crippen LogP contribution in [0.1, 0.15) is 18.7 Å². The highest BCUT2D eigenvalue weighted by molar-refractivity contribution is 5.56. The van der Waals surface area contributed by atoms with Crippen LogP contribution >= 0.6 is 0 Å². The maximum Gasteiger partial charge on any atom is 0.406 e. The number of rotatable bonds is 4. The molecule has 1 aliphatic heterocycles. The van der Waals surface area contributed by atoms with Crippen molar-refractivity contribution >= 4 is 11.6 Å². The molecule has 1 aliphatic rings. The molecule has 2 heterocycles. The van der Waals surface area contributed by atoms with Crippen LogP contribution in [0.2, 0.25) is 0 Å². The smallest absolute Gasteiger partial charge is 0.358 e. The molecule has 1 saturated heterocycles. The summed E-state index contributed by atoms with van der Waals surface area (Å²) in [6, 6.07) is 0. The molecule has 2 rings (SSSR count). The van der Waals surface area contributed by atoms with Gasteiger partial charge in [0.2, 0.25) is 11.6 Å². The summed E-state index contributed by atoms with van der Waals surface area (Å²) in [5.41, 5.74) is 0. The van der Waals surface area contributed by atoms with Crippen molar-refractivity contribution in [3.05, 3.63) is 15.9 Å². The molecule has 0 amide bonds. The Balaban J connectivity index is 2.27. The fourth-order valence-electron chi connectivity index (χ4n) is 2.77. The lowest BCUT2D eigenvalue weighted by atomic mass is 9.98. The first-order chi connectivity index (χ1) is 9.04. The van der Waals surface area contributed by atoms with E-state index in [1.807, 2.05) is 18.7 Å². The van der Waals surface area contributed by atoms with E-state index in [9.17, 15) is 10.1 Å². The van der Waals surface area contributed by atoms with Crippen LogP contribution in [0.4, 0.5) is 11.6 Å². The Morgan fingerprint density at radius 1 is 1.58 bits per heavy atom. The molecule has 1 unspecified atom stereocenters. The Bertz CT molecular complexity index is 469. The largest absolute Gasteiger partial charge is 0.406 e. The van der Waals surface area contributed by atoms with Gasteiger partial charge in [0.1, 0.15) is 0 Å². The lowest BCUT2D eigenvalue weighted by molar-refractivity contribution is -0.388. The van der Waals surface area contributed by atoms with Gasteiger partial charge in [-0.3, -0.25) is 4.57 Å². The maximum absolute atomic E-state index is 11.1. The second-order valence-electron chi connectivity index (χ2n) is 5.13. The zero-order chi connectivity index (χ0) is 14.0. The average Bonchev–Trinajstić information content (AvgIpc) is 2.67. The molecule has 1 aromatic heterocycles. The quantitative estimate of drug-likeness (QED) is 0.652. The van der Waals surface area contributed by atoms with Crippen LogP contribution in [0, 0.1) is 23.0 Å². The Hall–Kier alpha value is -1.63. The third-order valence-corrected chi connectivity index (χ3v) is 3.76. The van der Waals surface area contributed by atoms with Gasteiger partial charge < -0.3 is 20.3 Å². The fraction of sp³-hybridized carbons (Fsp3) is 0.750. The van der Waals surface area contributed by atoms with Crippen molar-refractivity contribution in [2.24, 2.45) is 13.0 Å². The minimum Gasteiger partial charge on any atom is -0.358 e. The predicted molar refractivity (Wildman–Crippen MR) is 73.5 cm³/mol. The SMILES string of the molecule is CNCC1CCCN(c2c([N+](=O)[O-])nc(C)n2C)C1. The normalized spacial score (nSPS) is 19.7. The second-order valence-corrected chi connectivity index (χ2v) is 5.13. The van der Waals surface area contributed by atoms with Crippen LogP contribution in [0.15, 0.2) is 0 Å². The zero-order valence-corrected chi connectivity index (χ0v) is 11.7. The summed E-state index contributed by atoms with van der Waals surface area (Å²) in [6.07, 6.45) is 2.23. The number of piperidine rings is 1. The van der Waals surface area contributed by atoms with Crippen LogP contribution in [-0.2, 0) is 7.05 Å². The van der Waals surface area contributed by atoms with Gasteiger partial charge in [-0.2, -0.15) is 0 Å². The number of hydrogen-bond donors (Lipinski definition) is 1. The molecule has 0 radical (unpaired) electrons. The third kappa shape index (κ3) is 2.70. The van der Waals surface area contributed by atoms with E-state index in [0.717, 1.165) is 26.1 Å². The molecule has 1 atom stereocenters. The molecule has 1 N–H and O–H groups in total. The first kappa shape index (κ1) is 13.8. The summed E-state index contributed by atoms with van der Waals surface area (Å²) in [7, 11) is 3.78. The molecule has 0 aliphatic carbocycles. The van der Waals surface area contributed by atoms with Crippen molar-refractivity contribution in [1.82, 2.24) is 14.9 Å². The van der Waals surface area contributed by atoms with Crippen molar-refractivity contribution < 1.29 is 4.92 Å². The molecule has 106 valence electrons. The zero-order valence-electron chi connectivity index (χ0n) is 11.7. The van der Waals surface area contributed by atoms with Gasteiger partial charge in [0.25, 0.3) is 0 Å². The highest BCUT2D eigenvalue weighted by Gasteiger charge is 2.31. The van der Waals surface area contributed by atoms with Crippen LogP contribution in [-0.4, -0.2) is 41.2 Å². The summed E-state index contributed by atoms with van der Waals surface area (Å²) in [6.45, 7) is 4.45. The first-order valence-corrected chi connectivity index (χ1v) is 6.61. The molecular formula is C12H21N5O2. The van der Waals surface area contributed by atoms with E-state index in [1.165, 1.54) is 6.42 Å². The molecular weight excluding hydrogens is 246 g/mol. The number of nitrogens with one attached hydrogen (secondary N) is 1. The second kappa shape index (κ2) is 5.56. The monoisotopic (exact) mass is 267 g/mol. The van der Waals surface area contributed by atoms with E-state index in [1.54, 1.807) is 6.92 Å². The van der Waals surface area contributed by atoms with Gasteiger partial charge in [-0.05, 0) is 42.3 Å². The number of nitro groups is 1. The van der Waals surface area contributed by atoms with Crippen LogP contribution in [0.5, 0.6) is 0 Å². The number of aryl methyl sites for hydroxylation is 1. The highest BCUT2D eigenvalue weighted by Crippen LogP contribution is 2.31. The molecule has 1 fully saturated rings. The Morgan fingerprint density at radius 3 is 2.95 bits per heavy atom. The van der Waals surface area contributed by atoms with E-state index < -0.39 is 0 Å². The van der Waals surface area contributed by atoms with Gasteiger partial charge in [0.15, 0.2) is 0 Å². The van der Waals surface area contributed by atoms with Crippen molar-refractivity contribution in [2.45, 2.75) is 19.8 Å². The lowest BCUT2D eigenvalue weighted by Gasteiger charge is -2.33. The molecule has 0 aromatic carbocycles. The highest BCUT2D eigenvalue weighted by atomic mass is 16.6. The van der Waals surface area contributed by atoms with Gasteiger partial charge in [-0.15, -0.1) is 0 Å².